The zero-order valence-electron chi connectivity index (χ0n) is 13.1. The van der Waals surface area contributed by atoms with E-state index in [0.29, 0.717) is 29.8 Å². The van der Waals surface area contributed by atoms with E-state index in [9.17, 15) is 9.59 Å². The third-order valence-corrected chi connectivity index (χ3v) is 4.50. The number of aromatic nitrogens is 2. The fourth-order valence-electron chi connectivity index (χ4n) is 3.27. The molecule has 4 rings (SSSR count). The van der Waals surface area contributed by atoms with E-state index in [1.165, 1.54) is 6.26 Å². The molecular weight excluding hydrogens is 306 g/mol. The maximum Gasteiger partial charge on any atom is 0.289 e. The Morgan fingerprint density at radius 3 is 2.92 bits per heavy atom. The zero-order chi connectivity index (χ0) is 16.5. The molecule has 1 aliphatic heterocycles. The maximum absolute atomic E-state index is 12.7. The van der Waals surface area contributed by atoms with Crippen molar-refractivity contribution in [3.8, 4) is 0 Å². The van der Waals surface area contributed by atoms with Crippen LogP contribution in [0.3, 0.4) is 0 Å². The molecule has 0 aliphatic carbocycles. The number of hydrogen-bond donors (Lipinski definition) is 0. The standard InChI is InChI=1S/C18H17N3O3/c22-17-14-6-1-2-7-15(14)19-12-21(17)13-5-3-9-20(11-13)18(23)16-8-4-10-24-16/h1-2,4,6-8,10,12-13H,3,5,9,11H2/t13-/m0/s1. The first-order chi connectivity index (χ1) is 11.7. The molecule has 3 heterocycles. The first-order valence-corrected chi connectivity index (χ1v) is 8.03. The number of rotatable bonds is 2. The number of furan rings is 1. The van der Waals surface area contributed by atoms with Crippen LogP contribution in [0.1, 0.15) is 29.4 Å². The predicted octanol–water partition coefficient (Wildman–Crippen LogP) is 2.47. The largest absolute Gasteiger partial charge is 0.459 e. The van der Waals surface area contributed by atoms with Crippen molar-refractivity contribution in [3.05, 3.63) is 65.1 Å². The number of fused-ring (bicyclic) bond motifs is 1. The molecule has 0 unspecified atom stereocenters. The number of benzene rings is 1. The van der Waals surface area contributed by atoms with E-state index in [-0.39, 0.29) is 17.5 Å². The fourth-order valence-corrected chi connectivity index (χ4v) is 3.27. The number of hydrogen-bond acceptors (Lipinski definition) is 4. The minimum absolute atomic E-state index is 0.0575. The molecule has 2 aromatic heterocycles. The highest BCUT2D eigenvalue weighted by Gasteiger charge is 2.27. The summed E-state index contributed by atoms with van der Waals surface area (Å²) < 4.78 is 6.86. The van der Waals surface area contributed by atoms with Crippen LogP contribution >= 0.6 is 0 Å². The van der Waals surface area contributed by atoms with Gasteiger partial charge in [0, 0.05) is 13.1 Å². The van der Waals surface area contributed by atoms with Gasteiger partial charge in [0.1, 0.15) is 0 Å². The summed E-state index contributed by atoms with van der Waals surface area (Å²) in [5, 5.41) is 0.606. The van der Waals surface area contributed by atoms with Crippen molar-refractivity contribution < 1.29 is 9.21 Å². The molecule has 1 saturated heterocycles. The lowest BCUT2D eigenvalue weighted by molar-refractivity contribution is 0.0645. The number of amides is 1. The van der Waals surface area contributed by atoms with Gasteiger partial charge in [-0.05, 0) is 37.1 Å². The van der Waals surface area contributed by atoms with E-state index in [0.717, 1.165) is 12.8 Å². The molecule has 6 heteroatoms. The van der Waals surface area contributed by atoms with E-state index in [2.05, 4.69) is 4.98 Å². The van der Waals surface area contributed by atoms with Crippen LogP contribution in [0.15, 0.2) is 58.2 Å². The Morgan fingerprint density at radius 1 is 1.21 bits per heavy atom. The minimum atomic E-state index is -0.133. The van der Waals surface area contributed by atoms with Crippen molar-refractivity contribution in [2.75, 3.05) is 13.1 Å². The lowest BCUT2D eigenvalue weighted by Crippen LogP contribution is -2.42. The average molecular weight is 323 g/mol. The monoisotopic (exact) mass is 323 g/mol. The van der Waals surface area contributed by atoms with Crippen LogP contribution in [-0.2, 0) is 0 Å². The quantitative estimate of drug-likeness (QED) is 0.726. The van der Waals surface area contributed by atoms with Gasteiger partial charge in [0.2, 0.25) is 0 Å². The molecule has 1 aromatic carbocycles. The van der Waals surface area contributed by atoms with Gasteiger partial charge in [0.05, 0.1) is 29.5 Å². The van der Waals surface area contributed by atoms with Crippen LogP contribution < -0.4 is 5.56 Å². The summed E-state index contributed by atoms with van der Waals surface area (Å²) >= 11 is 0. The summed E-state index contributed by atoms with van der Waals surface area (Å²) in [6.45, 7) is 1.16. The first-order valence-electron chi connectivity index (χ1n) is 8.03. The number of nitrogens with zero attached hydrogens (tertiary/aromatic N) is 3. The summed E-state index contributed by atoms with van der Waals surface area (Å²) in [5.41, 5.74) is 0.635. The summed E-state index contributed by atoms with van der Waals surface area (Å²) in [7, 11) is 0. The van der Waals surface area contributed by atoms with E-state index in [1.807, 2.05) is 18.2 Å². The molecule has 1 amide bonds. The highest BCUT2D eigenvalue weighted by atomic mass is 16.3. The molecule has 1 aliphatic rings. The molecule has 1 atom stereocenters. The second-order valence-corrected chi connectivity index (χ2v) is 6.00. The smallest absolute Gasteiger partial charge is 0.289 e. The molecule has 0 N–H and O–H groups in total. The van der Waals surface area contributed by atoms with Crippen molar-refractivity contribution >= 4 is 16.8 Å². The second-order valence-electron chi connectivity index (χ2n) is 6.00. The molecule has 1 fully saturated rings. The SMILES string of the molecule is O=C(c1ccco1)N1CCC[C@H](n2cnc3ccccc3c2=O)C1. The van der Waals surface area contributed by atoms with Crippen LogP contribution in [0.25, 0.3) is 10.9 Å². The third-order valence-electron chi connectivity index (χ3n) is 4.50. The Kier molecular flexibility index (Phi) is 3.65. The van der Waals surface area contributed by atoms with Crippen LogP contribution in [-0.4, -0.2) is 33.4 Å². The number of carbonyl (C=O) groups is 1. The molecule has 24 heavy (non-hydrogen) atoms. The number of piperidine rings is 1. The van der Waals surface area contributed by atoms with Gasteiger partial charge in [-0.3, -0.25) is 14.2 Å². The summed E-state index contributed by atoms with van der Waals surface area (Å²) in [5.74, 6) is 0.200. The molecular formula is C18H17N3O3. The van der Waals surface area contributed by atoms with Gasteiger partial charge in [0.25, 0.3) is 11.5 Å². The van der Waals surface area contributed by atoms with Gasteiger partial charge >= 0.3 is 0 Å². The predicted molar refractivity (Wildman–Crippen MR) is 88.9 cm³/mol. The molecule has 0 spiro atoms. The van der Waals surface area contributed by atoms with Crippen LogP contribution in [0, 0.1) is 0 Å². The Labute approximate surface area is 138 Å². The van der Waals surface area contributed by atoms with Gasteiger partial charge in [-0.2, -0.15) is 0 Å². The Hall–Kier alpha value is -2.89. The van der Waals surface area contributed by atoms with Gasteiger partial charge in [-0.25, -0.2) is 4.98 Å². The summed E-state index contributed by atoms with van der Waals surface area (Å²) in [4.78, 5) is 31.3. The van der Waals surface area contributed by atoms with Crippen molar-refractivity contribution in [2.45, 2.75) is 18.9 Å². The Morgan fingerprint density at radius 2 is 2.08 bits per heavy atom. The molecule has 0 saturated carbocycles. The lowest BCUT2D eigenvalue weighted by atomic mass is 10.0. The van der Waals surface area contributed by atoms with Crippen LogP contribution in [0.2, 0.25) is 0 Å². The second kappa shape index (κ2) is 5.96. The molecule has 0 radical (unpaired) electrons. The van der Waals surface area contributed by atoms with Gasteiger partial charge < -0.3 is 9.32 Å². The zero-order valence-corrected chi connectivity index (χ0v) is 13.1. The fraction of sp³-hybridized carbons (Fsp3) is 0.278. The van der Waals surface area contributed by atoms with E-state index in [1.54, 1.807) is 34.0 Å². The van der Waals surface area contributed by atoms with Crippen LogP contribution in [0.4, 0.5) is 0 Å². The van der Waals surface area contributed by atoms with Gasteiger partial charge in [0.15, 0.2) is 5.76 Å². The topological polar surface area (TPSA) is 68.3 Å². The number of para-hydroxylation sites is 1. The third kappa shape index (κ3) is 2.50. The minimum Gasteiger partial charge on any atom is -0.459 e. The van der Waals surface area contributed by atoms with E-state index in [4.69, 9.17) is 4.42 Å². The Bertz CT molecular complexity index is 930. The average Bonchev–Trinajstić information content (AvgIpc) is 3.16. The summed E-state index contributed by atoms with van der Waals surface area (Å²) in [6.07, 6.45) is 4.78. The van der Waals surface area contributed by atoms with E-state index < -0.39 is 0 Å². The lowest BCUT2D eigenvalue weighted by Gasteiger charge is -2.33. The molecule has 122 valence electrons. The number of likely N-dealkylation sites (tertiary alicyclic amines) is 1. The normalized spacial score (nSPS) is 18.0. The van der Waals surface area contributed by atoms with Crippen molar-refractivity contribution in [2.24, 2.45) is 0 Å². The maximum atomic E-state index is 12.7. The highest BCUT2D eigenvalue weighted by Crippen LogP contribution is 2.22. The first kappa shape index (κ1) is 14.7. The van der Waals surface area contributed by atoms with Crippen molar-refractivity contribution in [1.82, 2.24) is 14.5 Å². The van der Waals surface area contributed by atoms with Gasteiger partial charge in [-0.15, -0.1) is 0 Å². The van der Waals surface area contributed by atoms with Crippen molar-refractivity contribution in [1.29, 1.82) is 0 Å². The highest BCUT2D eigenvalue weighted by molar-refractivity contribution is 5.91. The number of carbonyl (C=O) groups excluding carboxylic acids is 1. The van der Waals surface area contributed by atoms with Crippen molar-refractivity contribution in [3.63, 3.8) is 0 Å². The van der Waals surface area contributed by atoms with E-state index >= 15 is 0 Å². The molecule has 3 aromatic rings. The van der Waals surface area contributed by atoms with Crippen LogP contribution in [0.5, 0.6) is 0 Å². The Balaban J connectivity index is 1.64. The molecule has 0 bridgehead atoms. The molecule has 6 nitrogen and oxygen atoms in total. The summed E-state index contributed by atoms with van der Waals surface area (Å²) in [6, 6.07) is 10.6. The van der Waals surface area contributed by atoms with Gasteiger partial charge in [-0.1, -0.05) is 12.1 Å².